The molecule has 2 rings (SSSR count). The zero-order valence-electron chi connectivity index (χ0n) is 14.9. The van der Waals surface area contributed by atoms with Crippen LogP contribution in [0.2, 0.25) is 5.02 Å². The number of ether oxygens (including phenoxy) is 2. The molecule has 1 amide bonds. The van der Waals surface area contributed by atoms with Gasteiger partial charge in [-0.1, -0.05) is 11.6 Å². The van der Waals surface area contributed by atoms with Crippen LogP contribution in [0.25, 0.3) is 0 Å². The van der Waals surface area contributed by atoms with Crippen LogP contribution in [0.3, 0.4) is 0 Å². The number of hydrogen-bond acceptors (Lipinski definition) is 6. The summed E-state index contributed by atoms with van der Waals surface area (Å²) >= 11 is 5.97. The van der Waals surface area contributed by atoms with Crippen LogP contribution >= 0.6 is 11.6 Å². The second-order valence-corrected chi connectivity index (χ2v) is 7.57. The minimum absolute atomic E-state index is 0.0420. The Morgan fingerprint density at radius 2 is 1.82 bits per heavy atom. The van der Waals surface area contributed by atoms with Gasteiger partial charge in [0.1, 0.15) is 11.5 Å². The van der Waals surface area contributed by atoms with Gasteiger partial charge >= 0.3 is 5.97 Å². The molecule has 0 heterocycles. The van der Waals surface area contributed by atoms with E-state index in [2.05, 4.69) is 10.0 Å². The molecule has 0 spiro atoms. The van der Waals surface area contributed by atoms with Crippen molar-refractivity contribution < 1.29 is 32.6 Å². The Kier molecular flexibility index (Phi) is 6.71. The topological polar surface area (TPSA) is 131 Å². The van der Waals surface area contributed by atoms with E-state index in [9.17, 15) is 18.0 Å². The van der Waals surface area contributed by atoms with Crippen molar-refractivity contribution in [2.45, 2.75) is 11.8 Å². The summed E-state index contributed by atoms with van der Waals surface area (Å²) in [6, 6.07) is 8.00. The molecule has 28 heavy (non-hydrogen) atoms. The lowest BCUT2D eigenvalue weighted by molar-refractivity contribution is -0.139. The van der Waals surface area contributed by atoms with E-state index >= 15 is 0 Å². The summed E-state index contributed by atoms with van der Waals surface area (Å²) in [7, 11) is -2.59. The fraction of sp³-hybridized carbons (Fsp3) is 0.176. The molecule has 0 aliphatic carbocycles. The highest BCUT2D eigenvalue weighted by Crippen LogP contribution is 2.31. The Morgan fingerprint density at radius 3 is 2.39 bits per heavy atom. The summed E-state index contributed by atoms with van der Waals surface area (Å²) in [4.78, 5) is 21.7. The summed E-state index contributed by atoms with van der Waals surface area (Å²) < 4.78 is 37.6. The van der Waals surface area contributed by atoms with E-state index in [1.165, 1.54) is 44.4 Å². The van der Waals surface area contributed by atoms with Crippen molar-refractivity contribution in [3.05, 3.63) is 41.4 Å². The number of halogens is 1. The van der Waals surface area contributed by atoms with Crippen LogP contribution in [0.15, 0.2) is 41.3 Å². The standard InChI is InChI=1S/C17H17ClN2O7S/c1-10(21)19-14-7-11(3-5-16(14)26-2)20-28(24,25)12-4-6-15(13(18)8-12)27-9-17(22)23/h3-8,20H,9H2,1-2H3,(H,19,21)(H,22,23). The first-order chi connectivity index (χ1) is 13.1. The number of carboxylic acid groups (broad SMARTS) is 1. The molecule has 2 aromatic carbocycles. The molecule has 0 radical (unpaired) electrons. The number of carboxylic acids is 1. The van der Waals surface area contributed by atoms with Gasteiger partial charge in [0.05, 0.1) is 28.4 Å². The van der Waals surface area contributed by atoms with Crippen molar-refractivity contribution in [3.8, 4) is 11.5 Å². The summed E-state index contributed by atoms with van der Waals surface area (Å²) in [5.41, 5.74) is 0.484. The molecule has 0 fully saturated rings. The van der Waals surface area contributed by atoms with E-state index in [-0.39, 0.29) is 27.3 Å². The van der Waals surface area contributed by atoms with Crippen molar-refractivity contribution in [1.82, 2.24) is 0 Å². The molecule has 11 heteroatoms. The Morgan fingerprint density at radius 1 is 1.14 bits per heavy atom. The van der Waals surface area contributed by atoms with Crippen molar-refractivity contribution in [2.24, 2.45) is 0 Å². The van der Waals surface area contributed by atoms with Gasteiger partial charge < -0.3 is 19.9 Å². The molecule has 0 aromatic heterocycles. The van der Waals surface area contributed by atoms with E-state index in [0.29, 0.717) is 11.4 Å². The quantitative estimate of drug-likeness (QED) is 0.588. The second kappa shape index (κ2) is 8.81. The van der Waals surface area contributed by atoms with E-state index in [1.807, 2.05) is 0 Å². The molecule has 0 unspecified atom stereocenters. The third-order valence-electron chi connectivity index (χ3n) is 3.33. The number of methoxy groups -OCH3 is 1. The highest BCUT2D eigenvalue weighted by Gasteiger charge is 2.18. The number of anilines is 2. The third-order valence-corrected chi connectivity index (χ3v) is 5.00. The Labute approximate surface area is 166 Å². The van der Waals surface area contributed by atoms with Gasteiger partial charge in [-0.05, 0) is 36.4 Å². The van der Waals surface area contributed by atoms with E-state index in [0.717, 1.165) is 6.07 Å². The number of nitrogens with one attached hydrogen (secondary N) is 2. The van der Waals surface area contributed by atoms with Gasteiger partial charge in [0.15, 0.2) is 6.61 Å². The summed E-state index contributed by atoms with van der Waals surface area (Å²) in [6.45, 7) is 0.702. The van der Waals surface area contributed by atoms with Crippen molar-refractivity contribution in [2.75, 3.05) is 23.8 Å². The van der Waals surface area contributed by atoms with Crippen LogP contribution in [0, 0.1) is 0 Å². The number of aliphatic carboxylic acids is 1. The second-order valence-electron chi connectivity index (χ2n) is 5.48. The number of carbonyl (C=O) groups is 2. The first kappa shape index (κ1) is 21.3. The maximum atomic E-state index is 12.6. The zero-order chi connectivity index (χ0) is 20.9. The largest absolute Gasteiger partial charge is 0.495 e. The van der Waals surface area contributed by atoms with Crippen LogP contribution in [0.1, 0.15) is 6.92 Å². The van der Waals surface area contributed by atoms with E-state index < -0.39 is 22.6 Å². The number of rotatable bonds is 8. The molecule has 0 saturated heterocycles. The number of amides is 1. The van der Waals surface area contributed by atoms with Crippen molar-refractivity contribution >= 4 is 44.9 Å². The monoisotopic (exact) mass is 428 g/mol. The molecule has 3 N–H and O–H groups in total. The van der Waals surface area contributed by atoms with Gasteiger partial charge in [0.25, 0.3) is 10.0 Å². The number of benzene rings is 2. The average molecular weight is 429 g/mol. The number of sulfonamides is 1. The van der Waals surface area contributed by atoms with Crippen molar-refractivity contribution in [1.29, 1.82) is 0 Å². The van der Waals surface area contributed by atoms with Gasteiger partial charge in [0, 0.05) is 6.92 Å². The van der Waals surface area contributed by atoms with Gasteiger partial charge in [0.2, 0.25) is 5.91 Å². The van der Waals surface area contributed by atoms with Gasteiger partial charge in [-0.3, -0.25) is 9.52 Å². The molecule has 0 aliphatic rings. The Balaban J connectivity index is 2.27. The highest BCUT2D eigenvalue weighted by atomic mass is 35.5. The smallest absolute Gasteiger partial charge is 0.341 e. The maximum Gasteiger partial charge on any atom is 0.341 e. The predicted molar refractivity (Wildman–Crippen MR) is 103 cm³/mol. The zero-order valence-corrected chi connectivity index (χ0v) is 16.4. The molecule has 0 aliphatic heterocycles. The molecule has 9 nitrogen and oxygen atoms in total. The minimum atomic E-state index is -4.01. The lowest BCUT2D eigenvalue weighted by Gasteiger charge is -2.13. The summed E-state index contributed by atoms with van der Waals surface area (Å²) in [5.74, 6) is -1.13. The van der Waals surface area contributed by atoms with Gasteiger partial charge in [-0.2, -0.15) is 0 Å². The molecular formula is C17H17ClN2O7S. The van der Waals surface area contributed by atoms with Crippen LogP contribution in [-0.2, 0) is 19.6 Å². The third kappa shape index (κ3) is 5.51. The fourth-order valence-electron chi connectivity index (χ4n) is 2.18. The highest BCUT2D eigenvalue weighted by molar-refractivity contribution is 7.92. The van der Waals surface area contributed by atoms with Crippen LogP contribution in [0.5, 0.6) is 11.5 Å². The minimum Gasteiger partial charge on any atom is -0.495 e. The van der Waals surface area contributed by atoms with Gasteiger partial charge in [-0.15, -0.1) is 0 Å². The lowest BCUT2D eigenvalue weighted by Crippen LogP contribution is -2.14. The Hall–Kier alpha value is -2.98. The van der Waals surface area contributed by atoms with E-state index in [1.54, 1.807) is 0 Å². The first-order valence-corrected chi connectivity index (χ1v) is 9.61. The molecular weight excluding hydrogens is 412 g/mol. The van der Waals surface area contributed by atoms with Crippen LogP contribution < -0.4 is 19.5 Å². The van der Waals surface area contributed by atoms with Crippen LogP contribution in [0.4, 0.5) is 11.4 Å². The molecule has 150 valence electrons. The average Bonchev–Trinajstić information content (AvgIpc) is 2.60. The SMILES string of the molecule is COc1ccc(NS(=O)(=O)c2ccc(OCC(=O)O)c(Cl)c2)cc1NC(C)=O. The number of carbonyl (C=O) groups excluding carboxylic acids is 1. The normalized spacial score (nSPS) is 10.8. The van der Waals surface area contributed by atoms with E-state index in [4.69, 9.17) is 26.2 Å². The van der Waals surface area contributed by atoms with Gasteiger partial charge in [-0.25, -0.2) is 13.2 Å². The molecule has 2 aromatic rings. The molecule has 0 bridgehead atoms. The summed E-state index contributed by atoms with van der Waals surface area (Å²) in [6.07, 6.45) is 0. The molecule has 0 atom stereocenters. The summed E-state index contributed by atoms with van der Waals surface area (Å²) in [5, 5.41) is 11.1. The van der Waals surface area contributed by atoms with Crippen molar-refractivity contribution in [3.63, 3.8) is 0 Å². The predicted octanol–water partition coefficient (Wildman–Crippen LogP) is 2.57. The number of hydrogen-bond donors (Lipinski definition) is 3. The first-order valence-electron chi connectivity index (χ1n) is 7.75. The Bertz CT molecular complexity index is 1010. The molecule has 0 saturated carbocycles. The maximum absolute atomic E-state index is 12.6. The van der Waals surface area contributed by atoms with Crippen LogP contribution in [-0.4, -0.2) is 39.1 Å². The fourth-order valence-corrected chi connectivity index (χ4v) is 3.55. The lowest BCUT2D eigenvalue weighted by atomic mass is 10.2.